The van der Waals surface area contributed by atoms with Crippen LogP contribution in [0.15, 0.2) is 0 Å². The highest BCUT2D eigenvalue weighted by molar-refractivity contribution is 5.85. The maximum Gasteiger partial charge on any atom is 0.305 e. The summed E-state index contributed by atoms with van der Waals surface area (Å²) in [6.07, 6.45) is 3.00. The first-order valence-corrected chi connectivity index (χ1v) is 5.24. The maximum atomic E-state index is 11.4. The topological polar surface area (TPSA) is 92.4 Å². The van der Waals surface area contributed by atoms with Crippen molar-refractivity contribution in [3.8, 4) is 0 Å². The number of nitrogens with two attached hydrogens (primary N) is 1. The first kappa shape index (κ1) is 12.0. The Kier molecular flexibility index (Phi) is 3.68. The van der Waals surface area contributed by atoms with Crippen LogP contribution in [0.3, 0.4) is 0 Å². The third-order valence-electron chi connectivity index (χ3n) is 3.08. The molecule has 1 aliphatic carbocycles. The van der Waals surface area contributed by atoms with Gasteiger partial charge < -0.3 is 16.2 Å². The summed E-state index contributed by atoms with van der Waals surface area (Å²) in [4.78, 5) is 21.7. The summed E-state index contributed by atoms with van der Waals surface area (Å²) < 4.78 is 0. The van der Waals surface area contributed by atoms with Crippen molar-refractivity contribution in [2.45, 2.75) is 38.6 Å². The van der Waals surface area contributed by atoms with Gasteiger partial charge in [-0.05, 0) is 24.7 Å². The Hall–Kier alpha value is -1.10. The van der Waals surface area contributed by atoms with Gasteiger partial charge in [-0.2, -0.15) is 0 Å². The molecule has 15 heavy (non-hydrogen) atoms. The minimum Gasteiger partial charge on any atom is -0.481 e. The van der Waals surface area contributed by atoms with Crippen LogP contribution >= 0.6 is 0 Å². The van der Waals surface area contributed by atoms with Gasteiger partial charge in [0.25, 0.3) is 0 Å². The molecular formula is C10H18N2O3. The molecule has 0 saturated heterocycles. The average molecular weight is 214 g/mol. The van der Waals surface area contributed by atoms with Crippen molar-refractivity contribution < 1.29 is 14.7 Å². The summed E-state index contributed by atoms with van der Waals surface area (Å²) in [5, 5.41) is 11.2. The van der Waals surface area contributed by atoms with E-state index in [1.807, 2.05) is 0 Å². The lowest BCUT2D eigenvalue weighted by Crippen LogP contribution is -2.43. The first-order valence-electron chi connectivity index (χ1n) is 5.24. The summed E-state index contributed by atoms with van der Waals surface area (Å²) in [5.74, 6) is -1.41. The van der Waals surface area contributed by atoms with Crippen molar-refractivity contribution in [3.05, 3.63) is 0 Å². The van der Waals surface area contributed by atoms with E-state index in [-0.39, 0.29) is 17.7 Å². The lowest BCUT2D eigenvalue weighted by Gasteiger charge is -2.15. The molecule has 1 saturated carbocycles. The number of aliphatic carboxylic acids is 1. The average Bonchev–Trinajstić information content (AvgIpc) is 2.94. The van der Waals surface area contributed by atoms with E-state index in [1.165, 1.54) is 0 Å². The minimum absolute atomic E-state index is 0.263. The van der Waals surface area contributed by atoms with Crippen molar-refractivity contribution in [2.75, 3.05) is 6.54 Å². The molecule has 0 heterocycles. The zero-order chi connectivity index (χ0) is 11.5. The molecule has 1 rings (SSSR count). The van der Waals surface area contributed by atoms with Gasteiger partial charge >= 0.3 is 5.97 Å². The first-order chi connectivity index (χ1) is 6.99. The molecule has 86 valence electrons. The number of carboxylic acid groups (broad SMARTS) is 1. The lowest BCUT2D eigenvalue weighted by atomic mass is 10.0. The predicted molar refractivity (Wildman–Crippen MR) is 55.2 cm³/mol. The molecule has 0 aromatic rings. The monoisotopic (exact) mass is 214 g/mol. The van der Waals surface area contributed by atoms with Gasteiger partial charge in [-0.25, -0.2) is 0 Å². The third kappa shape index (κ3) is 3.51. The molecule has 0 spiro atoms. The van der Waals surface area contributed by atoms with Crippen molar-refractivity contribution >= 4 is 11.9 Å². The second kappa shape index (κ2) is 4.61. The van der Waals surface area contributed by atoms with Gasteiger partial charge in [0, 0.05) is 6.54 Å². The standard InChI is InChI=1S/C10H18N2O3/c1-2-10(3-4-10)6-12-9(15)7(11)5-8(13)14/h7H,2-6,11H2,1H3,(H,12,15)(H,13,14). The quantitative estimate of drug-likeness (QED) is 0.584. The molecule has 0 aromatic carbocycles. The molecular weight excluding hydrogens is 196 g/mol. The van der Waals surface area contributed by atoms with E-state index in [0.29, 0.717) is 6.54 Å². The second-order valence-corrected chi connectivity index (χ2v) is 4.28. The van der Waals surface area contributed by atoms with E-state index in [9.17, 15) is 9.59 Å². The summed E-state index contributed by atoms with van der Waals surface area (Å²) in [5.41, 5.74) is 5.68. The SMILES string of the molecule is CCC1(CNC(=O)C(N)CC(=O)O)CC1. The molecule has 0 aromatic heterocycles. The van der Waals surface area contributed by atoms with Crippen molar-refractivity contribution in [2.24, 2.45) is 11.1 Å². The Bertz CT molecular complexity index is 261. The summed E-state index contributed by atoms with van der Waals surface area (Å²) in [7, 11) is 0. The Labute approximate surface area is 89.0 Å². The Morgan fingerprint density at radius 3 is 2.53 bits per heavy atom. The van der Waals surface area contributed by atoms with Crippen molar-refractivity contribution in [1.82, 2.24) is 5.32 Å². The van der Waals surface area contributed by atoms with Gasteiger partial charge in [0.2, 0.25) is 5.91 Å². The lowest BCUT2D eigenvalue weighted by molar-refractivity contribution is -0.139. The van der Waals surface area contributed by atoms with Crippen LogP contribution in [-0.4, -0.2) is 29.6 Å². The maximum absolute atomic E-state index is 11.4. The van der Waals surface area contributed by atoms with E-state index in [1.54, 1.807) is 0 Å². The Morgan fingerprint density at radius 2 is 2.13 bits per heavy atom. The minimum atomic E-state index is -1.05. The van der Waals surface area contributed by atoms with Gasteiger partial charge in [0.05, 0.1) is 12.5 Å². The summed E-state index contributed by atoms with van der Waals surface area (Å²) in [6, 6.07) is -0.935. The molecule has 1 unspecified atom stereocenters. The highest BCUT2D eigenvalue weighted by atomic mass is 16.4. The van der Waals surface area contributed by atoms with Gasteiger partial charge in [-0.1, -0.05) is 6.92 Å². The predicted octanol–water partition coefficient (Wildman–Crippen LogP) is 0.0948. The molecule has 0 aliphatic heterocycles. The van der Waals surface area contributed by atoms with E-state index in [2.05, 4.69) is 12.2 Å². The van der Waals surface area contributed by atoms with Crippen LogP contribution in [0.5, 0.6) is 0 Å². The van der Waals surface area contributed by atoms with Gasteiger partial charge in [-0.15, -0.1) is 0 Å². The van der Waals surface area contributed by atoms with E-state index in [4.69, 9.17) is 10.8 Å². The zero-order valence-electron chi connectivity index (χ0n) is 8.95. The Morgan fingerprint density at radius 1 is 1.53 bits per heavy atom. The molecule has 5 nitrogen and oxygen atoms in total. The van der Waals surface area contributed by atoms with Crippen LogP contribution in [0.2, 0.25) is 0 Å². The number of nitrogens with one attached hydrogen (secondary N) is 1. The highest BCUT2D eigenvalue weighted by Gasteiger charge is 2.40. The van der Waals surface area contributed by atoms with Crippen LogP contribution in [-0.2, 0) is 9.59 Å². The van der Waals surface area contributed by atoms with Gasteiger partial charge in [0.1, 0.15) is 0 Å². The molecule has 1 atom stereocenters. The molecule has 4 N–H and O–H groups in total. The number of hydrogen-bond acceptors (Lipinski definition) is 3. The van der Waals surface area contributed by atoms with Crippen LogP contribution in [0.25, 0.3) is 0 Å². The Balaban J connectivity index is 2.26. The number of amides is 1. The van der Waals surface area contributed by atoms with Crippen LogP contribution < -0.4 is 11.1 Å². The highest BCUT2D eigenvalue weighted by Crippen LogP contribution is 2.47. The molecule has 0 radical (unpaired) electrons. The van der Waals surface area contributed by atoms with Crippen molar-refractivity contribution in [1.29, 1.82) is 0 Å². The molecule has 0 bridgehead atoms. The summed E-state index contributed by atoms with van der Waals surface area (Å²) >= 11 is 0. The van der Waals surface area contributed by atoms with E-state index >= 15 is 0 Å². The normalized spacial score (nSPS) is 19.3. The summed E-state index contributed by atoms with van der Waals surface area (Å²) in [6.45, 7) is 2.71. The fraction of sp³-hybridized carbons (Fsp3) is 0.800. The van der Waals surface area contributed by atoms with Gasteiger partial charge in [-0.3, -0.25) is 9.59 Å². The molecule has 1 aliphatic rings. The van der Waals surface area contributed by atoms with E-state index < -0.39 is 12.0 Å². The number of carbonyl (C=O) groups is 2. The van der Waals surface area contributed by atoms with E-state index in [0.717, 1.165) is 19.3 Å². The van der Waals surface area contributed by atoms with Crippen LogP contribution in [0.4, 0.5) is 0 Å². The fourth-order valence-corrected chi connectivity index (χ4v) is 1.52. The number of hydrogen-bond donors (Lipinski definition) is 3. The molecule has 1 fully saturated rings. The van der Waals surface area contributed by atoms with Gasteiger partial charge in [0.15, 0.2) is 0 Å². The largest absolute Gasteiger partial charge is 0.481 e. The van der Waals surface area contributed by atoms with Crippen LogP contribution in [0, 0.1) is 5.41 Å². The third-order valence-corrected chi connectivity index (χ3v) is 3.08. The molecule has 5 heteroatoms. The molecule has 1 amide bonds. The smallest absolute Gasteiger partial charge is 0.305 e. The zero-order valence-corrected chi connectivity index (χ0v) is 8.95. The van der Waals surface area contributed by atoms with Crippen LogP contribution in [0.1, 0.15) is 32.6 Å². The van der Waals surface area contributed by atoms with Crippen molar-refractivity contribution in [3.63, 3.8) is 0 Å². The number of carboxylic acids is 1. The second-order valence-electron chi connectivity index (χ2n) is 4.28. The fourth-order valence-electron chi connectivity index (χ4n) is 1.52. The number of rotatable bonds is 6. The number of carbonyl (C=O) groups excluding carboxylic acids is 1.